The van der Waals surface area contributed by atoms with Crippen LogP contribution in [-0.4, -0.2) is 28.2 Å². The lowest BCUT2D eigenvalue weighted by Crippen LogP contribution is -2.33. The second-order valence-electron chi connectivity index (χ2n) is 7.92. The van der Waals surface area contributed by atoms with Gasteiger partial charge in [0.15, 0.2) is 0 Å². The summed E-state index contributed by atoms with van der Waals surface area (Å²) in [5, 5.41) is 2.80. The van der Waals surface area contributed by atoms with Gasteiger partial charge in [-0.2, -0.15) is 0 Å². The van der Waals surface area contributed by atoms with E-state index >= 15 is 0 Å². The second kappa shape index (κ2) is 9.70. The Hall–Kier alpha value is -3.58. The first-order valence-electron chi connectivity index (χ1n) is 10.6. The summed E-state index contributed by atoms with van der Waals surface area (Å²) in [4.78, 5) is 31.1. The topological polar surface area (TPSA) is 88.3 Å². The highest BCUT2D eigenvalue weighted by molar-refractivity contribution is 6.04. The van der Waals surface area contributed by atoms with E-state index < -0.39 is 6.04 Å². The van der Waals surface area contributed by atoms with E-state index in [0.717, 1.165) is 24.0 Å². The smallest absolute Gasteiger partial charge is 0.255 e. The first-order valence-corrected chi connectivity index (χ1v) is 10.6. The first-order chi connectivity index (χ1) is 15.5. The van der Waals surface area contributed by atoms with Gasteiger partial charge in [-0.3, -0.25) is 14.6 Å². The number of likely N-dealkylation sites (tertiary alicyclic amines) is 1. The number of nitrogens with zero attached hydrogens (tertiary/aromatic N) is 2. The van der Waals surface area contributed by atoms with Gasteiger partial charge in [0.05, 0.1) is 6.04 Å². The third-order valence-corrected chi connectivity index (χ3v) is 5.74. The standard InChI is InChI=1S/C25H25FN4O2/c26-20-4-1-3-19(15-20)23-5-2-14-30(23)24(31)16-22(27)17-6-8-18(9-7-17)25(32)29-21-10-12-28-13-11-21/h1,3-4,6-13,15,22-23H,2,5,14,16,27H2,(H,28,29,32). The van der Waals surface area contributed by atoms with Crippen LogP contribution in [0.2, 0.25) is 0 Å². The highest BCUT2D eigenvalue weighted by Crippen LogP contribution is 2.33. The van der Waals surface area contributed by atoms with Crippen LogP contribution in [0.5, 0.6) is 0 Å². The number of pyridine rings is 1. The van der Waals surface area contributed by atoms with E-state index in [2.05, 4.69) is 10.3 Å². The van der Waals surface area contributed by atoms with Crippen LogP contribution in [0.15, 0.2) is 73.1 Å². The lowest BCUT2D eigenvalue weighted by Gasteiger charge is -2.26. The van der Waals surface area contributed by atoms with Gasteiger partial charge in [0.1, 0.15) is 5.82 Å². The zero-order valence-corrected chi connectivity index (χ0v) is 17.6. The van der Waals surface area contributed by atoms with Crippen LogP contribution in [0.4, 0.5) is 10.1 Å². The Morgan fingerprint density at radius 2 is 1.88 bits per heavy atom. The molecule has 164 valence electrons. The fraction of sp³-hybridized carbons (Fsp3) is 0.240. The molecular formula is C25H25FN4O2. The number of benzene rings is 2. The van der Waals surface area contributed by atoms with Gasteiger partial charge in [-0.15, -0.1) is 0 Å². The largest absolute Gasteiger partial charge is 0.336 e. The zero-order valence-electron chi connectivity index (χ0n) is 17.6. The summed E-state index contributed by atoms with van der Waals surface area (Å²) in [5.41, 5.74) is 9.06. The van der Waals surface area contributed by atoms with Gasteiger partial charge >= 0.3 is 0 Å². The zero-order chi connectivity index (χ0) is 22.5. The monoisotopic (exact) mass is 432 g/mol. The van der Waals surface area contributed by atoms with Gasteiger partial charge in [0.25, 0.3) is 5.91 Å². The Labute approximate surface area is 186 Å². The molecule has 1 fully saturated rings. The molecule has 0 bridgehead atoms. The van der Waals surface area contributed by atoms with Crippen molar-refractivity contribution in [3.05, 3.63) is 95.6 Å². The van der Waals surface area contributed by atoms with Crippen LogP contribution >= 0.6 is 0 Å². The van der Waals surface area contributed by atoms with Crippen molar-refractivity contribution >= 4 is 17.5 Å². The van der Waals surface area contributed by atoms with Gasteiger partial charge < -0.3 is 16.0 Å². The van der Waals surface area contributed by atoms with Gasteiger partial charge in [-0.1, -0.05) is 24.3 Å². The van der Waals surface area contributed by atoms with Crippen LogP contribution in [0.3, 0.4) is 0 Å². The SMILES string of the molecule is NC(CC(=O)N1CCCC1c1cccc(F)c1)c1ccc(C(=O)Nc2ccncc2)cc1. The van der Waals surface area contributed by atoms with E-state index in [4.69, 9.17) is 5.73 Å². The molecule has 32 heavy (non-hydrogen) atoms. The van der Waals surface area contributed by atoms with Crippen molar-refractivity contribution in [3.63, 3.8) is 0 Å². The summed E-state index contributed by atoms with van der Waals surface area (Å²) >= 11 is 0. The van der Waals surface area contributed by atoms with Gasteiger partial charge in [0, 0.05) is 42.7 Å². The number of carbonyl (C=O) groups is 2. The fourth-order valence-corrected chi connectivity index (χ4v) is 4.07. The van der Waals surface area contributed by atoms with Crippen LogP contribution in [0.25, 0.3) is 0 Å². The highest BCUT2D eigenvalue weighted by atomic mass is 19.1. The minimum atomic E-state index is -0.492. The van der Waals surface area contributed by atoms with E-state index in [1.165, 1.54) is 12.1 Å². The molecule has 1 saturated heterocycles. The molecule has 0 saturated carbocycles. The average molecular weight is 432 g/mol. The van der Waals surface area contributed by atoms with Crippen LogP contribution in [0.1, 0.15) is 52.8 Å². The molecule has 2 heterocycles. The molecule has 0 spiro atoms. The van der Waals surface area contributed by atoms with Crippen molar-refractivity contribution < 1.29 is 14.0 Å². The fourth-order valence-electron chi connectivity index (χ4n) is 4.07. The minimum absolute atomic E-state index is 0.0521. The van der Waals surface area contributed by atoms with Crippen molar-refractivity contribution in [1.82, 2.24) is 9.88 Å². The summed E-state index contributed by atoms with van der Waals surface area (Å²) in [6, 6.07) is 16.2. The number of nitrogens with two attached hydrogens (primary N) is 1. The number of hydrogen-bond donors (Lipinski definition) is 2. The van der Waals surface area contributed by atoms with E-state index in [1.807, 2.05) is 6.07 Å². The Kier molecular flexibility index (Phi) is 6.56. The molecule has 0 aliphatic carbocycles. The maximum absolute atomic E-state index is 13.6. The molecule has 4 rings (SSSR count). The second-order valence-corrected chi connectivity index (χ2v) is 7.92. The average Bonchev–Trinajstić information content (AvgIpc) is 3.30. The number of rotatable bonds is 6. The van der Waals surface area contributed by atoms with Crippen molar-refractivity contribution in [2.45, 2.75) is 31.3 Å². The number of hydrogen-bond acceptors (Lipinski definition) is 4. The summed E-state index contributed by atoms with van der Waals surface area (Å²) in [6.07, 6.45) is 5.05. The number of nitrogens with one attached hydrogen (secondary N) is 1. The third-order valence-electron chi connectivity index (χ3n) is 5.74. The predicted molar refractivity (Wildman–Crippen MR) is 120 cm³/mol. The molecule has 3 aromatic rings. The van der Waals surface area contributed by atoms with Gasteiger partial charge in [-0.05, 0) is 60.4 Å². The van der Waals surface area contributed by atoms with Crippen molar-refractivity contribution in [3.8, 4) is 0 Å². The summed E-state index contributed by atoms with van der Waals surface area (Å²) < 4.78 is 13.6. The molecule has 2 amide bonds. The minimum Gasteiger partial charge on any atom is -0.336 e. The lowest BCUT2D eigenvalue weighted by atomic mass is 10.0. The quantitative estimate of drug-likeness (QED) is 0.610. The third kappa shape index (κ3) is 5.00. The van der Waals surface area contributed by atoms with Crippen molar-refractivity contribution in [2.24, 2.45) is 5.73 Å². The van der Waals surface area contributed by atoms with Crippen LogP contribution in [-0.2, 0) is 4.79 Å². The Morgan fingerprint density at radius 3 is 2.59 bits per heavy atom. The van der Waals surface area contributed by atoms with E-state index in [9.17, 15) is 14.0 Å². The number of carbonyl (C=O) groups excluding carboxylic acids is 2. The molecule has 2 aromatic carbocycles. The summed E-state index contributed by atoms with van der Waals surface area (Å²) in [6.45, 7) is 0.640. The Morgan fingerprint density at radius 1 is 1.12 bits per heavy atom. The van der Waals surface area contributed by atoms with Crippen molar-refractivity contribution in [2.75, 3.05) is 11.9 Å². The van der Waals surface area contributed by atoms with E-state index in [-0.39, 0.29) is 30.1 Å². The van der Waals surface area contributed by atoms with Gasteiger partial charge in [0.2, 0.25) is 5.91 Å². The Bertz CT molecular complexity index is 1090. The molecule has 1 aliphatic heterocycles. The number of halogens is 1. The summed E-state index contributed by atoms with van der Waals surface area (Å²) in [7, 11) is 0. The summed E-state index contributed by atoms with van der Waals surface area (Å²) in [5.74, 6) is -0.585. The molecule has 2 unspecified atom stereocenters. The van der Waals surface area contributed by atoms with Crippen LogP contribution < -0.4 is 11.1 Å². The number of anilines is 1. The molecule has 7 heteroatoms. The molecular weight excluding hydrogens is 407 g/mol. The number of aromatic nitrogens is 1. The first kappa shape index (κ1) is 21.6. The maximum Gasteiger partial charge on any atom is 0.255 e. The molecule has 3 N–H and O–H groups in total. The molecule has 0 radical (unpaired) electrons. The predicted octanol–water partition coefficient (Wildman–Crippen LogP) is 4.23. The number of amides is 2. The molecule has 1 aliphatic rings. The van der Waals surface area contributed by atoms with Crippen LogP contribution in [0, 0.1) is 5.82 Å². The van der Waals surface area contributed by atoms with E-state index in [0.29, 0.717) is 17.8 Å². The highest BCUT2D eigenvalue weighted by Gasteiger charge is 2.31. The molecule has 1 aromatic heterocycles. The molecule has 6 nitrogen and oxygen atoms in total. The normalized spacial score (nSPS) is 16.6. The lowest BCUT2D eigenvalue weighted by molar-refractivity contribution is -0.132. The van der Waals surface area contributed by atoms with E-state index in [1.54, 1.807) is 59.8 Å². The van der Waals surface area contributed by atoms with Crippen molar-refractivity contribution in [1.29, 1.82) is 0 Å². The maximum atomic E-state index is 13.6. The molecule has 2 atom stereocenters. The van der Waals surface area contributed by atoms with Gasteiger partial charge in [-0.25, -0.2) is 4.39 Å². The Balaban J connectivity index is 1.38.